The average Bonchev–Trinajstić information content (AvgIpc) is 3.04. The minimum atomic E-state index is -1.79. The molecular formula is C28H46O5Si. The van der Waals surface area contributed by atoms with Gasteiger partial charge in [-0.2, -0.15) is 0 Å². The van der Waals surface area contributed by atoms with Crippen LogP contribution in [0.15, 0.2) is 49.1 Å². The molecule has 0 N–H and O–H groups in total. The molecule has 1 fully saturated rings. The average molecular weight is 491 g/mol. The minimum absolute atomic E-state index is 0.154. The Hall–Kier alpha value is -1.44. The monoisotopic (exact) mass is 490 g/mol. The fourth-order valence-corrected chi connectivity index (χ4v) is 5.23. The summed E-state index contributed by atoms with van der Waals surface area (Å²) in [5, 5.41) is 0.196. The van der Waals surface area contributed by atoms with Crippen LogP contribution in [0.3, 0.4) is 0 Å². The molecule has 1 aliphatic rings. The van der Waals surface area contributed by atoms with Crippen LogP contribution < -0.4 is 4.74 Å². The van der Waals surface area contributed by atoms with Crippen molar-refractivity contribution in [1.82, 2.24) is 0 Å². The van der Waals surface area contributed by atoms with Gasteiger partial charge in [0.1, 0.15) is 18.0 Å². The molecule has 34 heavy (non-hydrogen) atoms. The first-order chi connectivity index (χ1) is 15.8. The van der Waals surface area contributed by atoms with Crippen LogP contribution in [0.4, 0.5) is 0 Å². The number of benzene rings is 1. The van der Waals surface area contributed by atoms with Crippen LogP contribution in [0.25, 0.3) is 0 Å². The van der Waals surface area contributed by atoms with Gasteiger partial charge in [-0.3, -0.25) is 0 Å². The number of ether oxygens (including phenoxy) is 4. The third kappa shape index (κ3) is 8.35. The standard InChI is InChI=1S/C28H46O5Si/c1-11-13-24(30-20-22-16-18-23(29-8)19-17-22)26-25(31-28(6,7)32-26)15-12-14-21(2)33-34(9,10)27(3,4)5/h11-12,15-19,21,24-26H,1,13-14,20H2,2-10H3/b15-12-/t21-,24+,25-,26-/m0/s1. The van der Waals surface area contributed by atoms with Gasteiger partial charge in [-0.15, -0.1) is 6.58 Å². The summed E-state index contributed by atoms with van der Waals surface area (Å²) >= 11 is 0. The highest BCUT2D eigenvalue weighted by atomic mass is 28.4. The Balaban J connectivity index is 2.04. The molecule has 2 rings (SSSR count). The van der Waals surface area contributed by atoms with Crippen molar-refractivity contribution < 1.29 is 23.4 Å². The lowest BCUT2D eigenvalue weighted by atomic mass is 10.0. The second-order valence-corrected chi connectivity index (χ2v) is 15.9. The van der Waals surface area contributed by atoms with Crippen molar-refractivity contribution in [1.29, 1.82) is 0 Å². The molecule has 0 radical (unpaired) electrons. The van der Waals surface area contributed by atoms with E-state index < -0.39 is 14.1 Å². The summed E-state index contributed by atoms with van der Waals surface area (Å²) < 4.78 is 30.6. The number of methoxy groups -OCH3 is 1. The van der Waals surface area contributed by atoms with E-state index in [2.05, 4.69) is 59.5 Å². The Labute approximate surface area is 208 Å². The van der Waals surface area contributed by atoms with Gasteiger partial charge in [-0.25, -0.2) is 0 Å². The Morgan fingerprint density at radius 2 is 1.76 bits per heavy atom. The van der Waals surface area contributed by atoms with Crippen LogP contribution in [-0.2, 0) is 25.2 Å². The summed E-state index contributed by atoms with van der Waals surface area (Å²) in [6.07, 6.45) is 7.22. The molecule has 0 aromatic heterocycles. The topological polar surface area (TPSA) is 46.2 Å². The molecule has 5 nitrogen and oxygen atoms in total. The van der Waals surface area contributed by atoms with Crippen LogP contribution in [0, 0.1) is 0 Å². The van der Waals surface area contributed by atoms with E-state index in [1.807, 2.05) is 44.2 Å². The van der Waals surface area contributed by atoms with Gasteiger partial charge in [0.2, 0.25) is 0 Å². The molecule has 192 valence electrons. The fraction of sp³-hybridized carbons (Fsp3) is 0.643. The second kappa shape index (κ2) is 12.0. The molecule has 0 spiro atoms. The summed E-state index contributed by atoms with van der Waals surface area (Å²) in [6.45, 7) is 21.8. The van der Waals surface area contributed by atoms with Gasteiger partial charge in [-0.05, 0) is 69.4 Å². The van der Waals surface area contributed by atoms with E-state index in [0.29, 0.717) is 13.0 Å². The molecule has 6 heteroatoms. The first kappa shape index (κ1) is 28.8. The van der Waals surface area contributed by atoms with Crippen molar-refractivity contribution >= 4 is 8.32 Å². The molecule has 0 bridgehead atoms. The van der Waals surface area contributed by atoms with Gasteiger partial charge in [-0.1, -0.05) is 51.1 Å². The summed E-state index contributed by atoms with van der Waals surface area (Å²) in [5.74, 6) is 0.156. The maximum absolute atomic E-state index is 6.49. The lowest BCUT2D eigenvalue weighted by Crippen LogP contribution is -2.43. The van der Waals surface area contributed by atoms with E-state index in [1.165, 1.54) is 0 Å². The Kier molecular flexibility index (Phi) is 10.2. The number of rotatable bonds is 12. The van der Waals surface area contributed by atoms with E-state index >= 15 is 0 Å². The van der Waals surface area contributed by atoms with E-state index in [-0.39, 0.29) is 29.5 Å². The van der Waals surface area contributed by atoms with Crippen molar-refractivity contribution in [3.8, 4) is 5.75 Å². The molecule has 0 unspecified atom stereocenters. The van der Waals surface area contributed by atoms with Gasteiger partial charge in [0, 0.05) is 6.10 Å². The van der Waals surface area contributed by atoms with Crippen LogP contribution >= 0.6 is 0 Å². The maximum atomic E-state index is 6.49. The zero-order valence-electron chi connectivity index (χ0n) is 22.7. The molecule has 0 amide bonds. The predicted octanol–water partition coefficient (Wildman–Crippen LogP) is 7.03. The highest BCUT2D eigenvalue weighted by Crippen LogP contribution is 2.38. The highest BCUT2D eigenvalue weighted by molar-refractivity contribution is 6.74. The molecule has 1 aromatic rings. The molecule has 0 aliphatic carbocycles. The first-order valence-electron chi connectivity index (χ1n) is 12.3. The summed E-state index contributed by atoms with van der Waals surface area (Å²) in [7, 11) is -0.127. The molecule has 1 heterocycles. The zero-order chi connectivity index (χ0) is 25.6. The summed E-state index contributed by atoms with van der Waals surface area (Å²) in [6, 6.07) is 7.91. The smallest absolute Gasteiger partial charge is 0.192 e. The molecule has 0 saturated carbocycles. The lowest BCUT2D eigenvalue weighted by Gasteiger charge is -2.38. The van der Waals surface area contributed by atoms with Crippen LogP contribution in [-0.4, -0.2) is 45.6 Å². The van der Waals surface area contributed by atoms with Crippen molar-refractivity contribution in [3.05, 3.63) is 54.6 Å². The van der Waals surface area contributed by atoms with Gasteiger partial charge in [0.05, 0.1) is 19.8 Å². The summed E-state index contributed by atoms with van der Waals surface area (Å²) in [5.41, 5.74) is 1.08. The Morgan fingerprint density at radius 1 is 1.12 bits per heavy atom. The van der Waals surface area contributed by atoms with E-state index in [4.69, 9.17) is 23.4 Å². The minimum Gasteiger partial charge on any atom is -0.497 e. The molecule has 1 saturated heterocycles. The molecule has 1 aromatic carbocycles. The van der Waals surface area contributed by atoms with Crippen molar-refractivity contribution in [3.63, 3.8) is 0 Å². The van der Waals surface area contributed by atoms with Crippen LogP contribution in [0.5, 0.6) is 5.75 Å². The molecule has 4 atom stereocenters. The van der Waals surface area contributed by atoms with Gasteiger partial charge >= 0.3 is 0 Å². The third-order valence-corrected chi connectivity index (χ3v) is 11.3. The van der Waals surface area contributed by atoms with Gasteiger partial charge in [0.15, 0.2) is 14.1 Å². The Morgan fingerprint density at radius 3 is 2.32 bits per heavy atom. The van der Waals surface area contributed by atoms with Gasteiger partial charge < -0.3 is 23.4 Å². The number of hydrogen-bond donors (Lipinski definition) is 0. The first-order valence-corrected chi connectivity index (χ1v) is 15.2. The van der Waals surface area contributed by atoms with Crippen molar-refractivity contribution in [2.75, 3.05) is 7.11 Å². The molecule has 1 aliphatic heterocycles. The zero-order valence-corrected chi connectivity index (χ0v) is 23.7. The third-order valence-electron chi connectivity index (χ3n) is 6.65. The second-order valence-electron chi connectivity index (χ2n) is 11.1. The summed E-state index contributed by atoms with van der Waals surface area (Å²) in [4.78, 5) is 0. The van der Waals surface area contributed by atoms with Crippen molar-refractivity contribution in [2.24, 2.45) is 0 Å². The predicted molar refractivity (Wildman–Crippen MR) is 142 cm³/mol. The van der Waals surface area contributed by atoms with E-state index in [9.17, 15) is 0 Å². The largest absolute Gasteiger partial charge is 0.497 e. The van der Waals surface area contributed by atoms with Crippen LogP contribution in [0.2, 0.25) is 18.1 Å². The maximum Gasteiger partial charge on any atom is 0.192 e. The van der Waals surface area contributed by atoms with Crippen LogP contribution in [0.1, 0.15) is 59.9 Å². The van der Waals surface area contributed by atoms with E-state index in [1.54, 1.807) is 7.11 Å². The fourth-order valence-electron chi connectivity index (χ4n) is 3.77. The van der Waals surface area contributed by atoms with E-state index in [0.717, 1.165) is 17.7 Å². The lowest BCUT2D eigenvalue weighted by molar-refractivity contribution is -0.159. The normalized spacial score (nSPS) is 22.6. The quantitative estimate of drug-likeness (QED) is 0.232. The van der Waals surface area contributed by atoms with Crippen molar-refractivity contribution in [2.45, 2.75) is 109 Å². The Bertz CT molecular complexity index is 794. The SMILES string of the molecule is C=CC[C@@H](OCc1ccc(OC)cc1)[C@@H]1OC(C)(C)O[C@H]1/C=C\C[C@H](C)O[Si](C)(C)C(C)(C)C. The number of hydrogen-bond acceptors (Lipinski definition) is 5. The van der Waals surface area contributed by atoms with Gasteiger partial charge in [0.25, 0.3) is 0 Å². The molecular weight excluding hydrogens is 444 g/mol. The highest BCUT2D eigenvalue weighted by Gasteiger charge is 2.44.